The summed E-state index contributed by atoms with van der Waals surface area (Å²) in [5.41, 5.74) is 0.477. The molecule has 6 nitrogen and oxygen atoms in total. The molecule has 0 heterocycles. The van der Waals surface area contributed by atoms with Gasteiger partial charge in [-0.1, -0.05) is 30.3 Å². The van der Waals surface area contributed by atoms with Gasteiger partial charge in [0.15, 0.2) is 0 Å². The number of hydrogen-bond acceptors (Lipinski definition) is 4. The average Bonchev–Trinajstić information content (AvgIpc) is 2.16. The maximum absolute atomic E-state index is 11.0. The highest BCUT2D eigenvalue weighted by Crippen LogP contribution is 2.36. The SMILES string of the molecule is O=C(CC(O)c1ccccc1)OP(=O)(O)O. The second-order valence-corrected chi connectivity index (χ2v) is 4.25. The van der Waals surface area contributed by atoms with Crippen molar-refractivity contribution in [3.8, 4) is 0 Å². The normalized spacial score (nSPS) is 13.2. The van der Waals surface area contributed by atoms with Crippen LogP contribution in [0.15, 0.2) is 30.3 Å². The van der Waals surface area contributed by atoms with E-state index in [0.717, 1.165) is 0 Å². The molecule has 0 bridgehead atoms. The van der Waals surface area contributed by atoms with Crippen molar-refractivity contribution in [2.75, 3.05) is 0 Å². The zero-order valence-corrected chi connectivity index (χ0v) is 9.08. The summed E-state index contributed by atoms with van der Waals surface area (Å²) in [4.78, 5) is 27.7. The van der Waals surface area contributed by atoms with Crippen LogP contribution in [-0.4, -0.2) is 20.9 Å². The number of hydrogen-bond donors (Lipinski definition) is 3. The predicted molar refractivity (Wildman–Crippen MR) is 54.2 cm³/mol. The summed E-state index contributed by atoms with van der Waals surface area (Å²) in [6.45, 7) is 0. The lowest BCUT2D eigenvalue weighted by atomic mass is 10.1. The Morgan fingerprint density at radius 1 is 1.31 bits per heavy atom. The molecule has 0 aliphatic carbocycles. The Labute approximate surface area is 91.7 Å². The van der Waals surface area contributed by atoms with Gasteiger partial charge in [0, 0.05) is 0 Å². The van der Waals surface area contributed by atoms with Crippen molar-refractivity contribution in [2.45, 2.75) is 12.5 Å². The van der Waals surface area contributed by atoms with E-state index < -0.39 is 26.3 Å². The number of phosphoric acid groups is 1. The van der Waals surface area contributed by atoms with E-state index >= 15 is 0 Å². The highest BCUT2D eigenvalue weighted by molar-refractivity contribution is 7.46. The maximum atomic E-state index is 11.0. The van der Waals surface area contributed by atoms with E-state index in [1.165, 1.54) is 0 Å². The molecule has 1 rings (SSSR count). The Kier molecular flexibility index (Phi) is 4.20. The molecule has 1 aromatic carbocycles. The van der Waals surface area contributed by atoms with Crippen LogP contribution in [0.5, 0.6) is 0 Å². The number of benzene rings is 1. The fourth-order valence-electron chi connectivity index (χ4n) is 1.12. The third-order valence-corrected chi connectivity index (χ3v) is 2.21. The molecule has 0 aromatic heterocycles. The summed E-state index contributed by atoms with van der Waals surface area (Å²) >= 11 is 0. The Bertz CT molecular complexity index is 398. The highest BCUT2D eigenvalue weighted by Gasteiger charge is 2.22. The summed E-state index contributed by atoms with van der Waals surface area (Å²) in [5.74, 6) is -1.15. The smallest absolute Gasteiger partial charge is 0.388 e. The van der Waals surface area contributed by atoms with Crippen LogP contribution >= 0.6 is 7.82 Å². The van der Waals surface area contributed by atoms with Crippen molar-refractivity contribution in [3.63, 3.8) is 0 Å². The van der Waals surface area contributed by atoms with Crippen LogP contribution in [0.2, 0.25) is 0 Å². The van der Waals surface area contributed by atoms with Gasteiger partial charge in [-0.3, -0.25) is 14.6 Å². The van der Waals surface area contributed by atoms with Crippen LogP contribution in [0.4, 0.5) is 0 Å². The van der Waals surface area contributed by atoms with Crippen LogP contribution in [0.1, 0.15) is 18.1 Å². The van der Waals surface area contributed by atoms with E-state index in [-0.39, 0.29) is 0 Å². The molecule has 7 heteroatoms. The molecule has 0 radical (unpaired) electrons. The van der Waals surface area contributed by atoms with Gasteiger partial charge in [0.25, 0.3) is 0 Å². The molecule has 0 saturated heterocycles. The molecule has 0 amide bonds. The van der Waals surface area contributed by atoms with Gasteiger partial charge in [-0.2, -0.15) is 0 Å². The number of aliphatic hydroxyl groups excluding tert-OH is 1. The van der Waals surface area contributed by atoms with E-state index in [1.807, 2.05) is 0 Å². The second kappa shape index (κ2) is 5.23. The Hall–Kier alpha value is -1.20. The van der Waals surface area contributed by atoms with Gasteiger partial charge >= 0.3 is 13.8 Å². The number of aliphatic hydroxyl groups is 1. The van der Waals surface area contributed by atoms with Crippen molar-refractivity contribution in [1.29, 1.82) is 0 Å². The minimum Gasteiger partial charge on any atom is -0.388 e. The minimum atomic E-state index is -4.83. The third kappa shape index (κ3) is 4.55. The van der Waals surface area contributed by atoms with Gasteiger partial charge in [0.2, 0.25) is 0 Å². The van der Waals surface area contributed by atoms with Gasteiger partial charge in [-0.25, -0.2) is 4.57 Å². The second-order valence-electron chi connectivity index (χ2n) is 3.08. The van der Waals surface area contributed by atoms with Gasteiger partial charge in [0.05, 0.1) is 12.5 Å². The van der Waals surface area contributed by atoms with Crippen LogP contribution < -0.4 is 0 Å². The quantitative estimate of drug-likeness (QED) is 0.677. The number of carbonyl (C=O) groups excluding carboxylic acids is 1. The largest absolute Gasteiger partial charge is 0.526 e. The first-order valence-electron chi connectivity index (χ1n) is 4.39. The van der Waals surface area contributed by atoms with Gasteiger partial charge in [-0.05, 0) is 5.56 Å². The first kappa shape index (κ1) is 12.9. The topological polar surface area (TPSA) is 104 Å². The third-order valence-electron chi connectivity index (χ3n) is 1.77. The van der Waals surface area contributed by atoms with Crippen molar-refractivity contribution in [1.82, 2.24) is 0 Å². The molecule has 0 spiro atoms. The lowest BCUT2D eigenvalue weighted by molar-refractivity contribution is -0.137. The van der Waals surface area contributed by atoms with Gasteiger partial charge in [-0.15, -0.1) is 0 Å². The Balaban J connectivity index is 2.56. The van der Waals surface area contributed by atoms with E-state index in [1.54, 1.807) is 30.3 Å². The average molecular weight is 246 g/mol. The molecular formula is C9H11O6P. The van der Waals surface area contributed by atoms with E-state index in [2.05, 4.69) is 4.52 Å². The van der Waals surface area contributed by atoms with Gasteiger partial charge < -0.3 is 9.63 Å². The molecule has 1 unspecified atom stereocenters. The van der Waals surface area contributed by atoms with Crippen LogP contribution in [-0.2, 0) is 13.9 Å². The first-order chi connectivity index (χ1) is 7.38. The molecule has 16 heavy (non-hydrogen) atoms. The molecule has 1 atom stereocenters. The molecule has 3 N–H and O–H groups in total. The summed E-state index contributed by atoms with van der Waals surface area (Å²) in [5, 5.41) is 9.53. The van der Waals surface area contributed by atoms with E-state index in [9.17, 15) is 14.5 Å². The lowest BCUT2D eigenvalue weighted by Crippen LogP contribution is -2.08. The molecule has 0 aliphatic heterocycles. The van der Waals surface area contributed by atoms with E-state index in [0.29, 0.717) is 5.56 Å². The molecule has 0 saturated carbocycles. The predicted octanol–water partition coefficient (Wildman–Crippen LogP) is 0.746. The molecular weight excluding hydrogens is 235 g/mol. The van der Waals surface area contributed by atoms with Crippen LogP contribution in [0.25, 0.3) is 0 Å². The standard InChI is InChI=1S/C9H11O6P/c10-8(7-4-2-1-3-5-7)6-9(11)15-16(12,13)14/h1-5,8,10H,6H2,(H2,12,13,14). The summed E-state index contributed by atoms with van der Waals surface area (Å²) < 4.78 is 14.1. The number of phosphoric ester groups is 1. The van der Waals surface area contributed by atoms with Crippen molar-refractivity contribution >= 4 is 13.8 Å². The maximum Gasteiger partial charge on any atom is 0.526 e. The fourth-order valence-corrected chi connectivity index (χ4v) is 1.46. The van der Waals surface area contributed by atoms with Crippen LogP contribution in [0, 0.1) is 0 Å². The monoisotopic (exact) mass is 246 g/mol. The molecule has 1 aromatic rings. The first-order valence-corrected chi connectivity index (χ1v) is 5.92. The van der Waals surface area contributed by atoms with Gasteiger partial charge in [0.1, 0.15) is 0 Å². The Morgan fingerprint density at radius 3 is 2.38 bits per heavy atom. The summed E-state index contributed by atoms with van der Waals surface area (Å²) in [6, 6.07) is 8.27. The zero-order chi connectivity index (χ0) is 12.2. The lowest BCUT2D eigenvalue weighted by Gasteiger charge is -2.10. The molecule has 0 aliphatic rings. The summed E-state index contributed by atoms with van der Waals surface area (Å²) in [7, 11) is -4.83. The highest BCUT2D eigenvalue weighted by atomic mass is 31.2. The molecule has 0 fully saturated rings. The van der Waals surface area contributed by atoms with E-state index in [4.69, 9.17) is 9.79 Å². The minimum absolute atomic E-state index is 0.477. The van der Waals surface area contributed by atoms with Crippen molar-refractivity contribution in [2.24, 2.45) is 0 Å². The summed E-state index contributed by atoms with van der Waals surface area (Å²) in [6.07, 6.45) is -1.64. The zero-order valence-electron chi connectivity index (χ0n) is 8.18. The van der Waals surface area contributed by atoms with Crippen molar-refractivity contribution in [3.05, 3.63) is 35.9 Å². The number of carbonyl (C=O) groups is 1. The van der Waals surface area contributed by atoms with Crippen LogP contribution in [0.3, 0.4) is 0 Å². The Morgan fingerprint density at radius 2 is 1.88 bits per heavy atom. The van der Waals surface area contributed by atoms with Crippen molar-refractivity contribution < 1.29 is 28.8 Å². The molecule has 88 valence electrons. The fraction of sp³-hybridized carbons (Fsp3) is 0.222. The number of rotatable bonds is 4.